The number of hydrogen-bond donors (Lipinski definition) is 1. The number of ether oxygens (including phenoxy) is 1. The Morgan fingerprint density at radius 2 is 2.00 bits per heavy atom. The van der Waals surface area contributed by atoms with E-state index in [9.17, 15) is 9.59 Å². The number of amides is 1. The first-order valence-electron chi connectivity index (χ1n) is 9.64. The third kappa shape index (κ3) is 3.75. The molecular weight excluding hydrogens is 344 g/mol. The van der Waals surface area contributed by atoms with Crippen molar-refractivity contribution in [3.63, 3.8) is 0 Å². The fraction of sp³-hybridized carbons (Fsp3) is 0.550. The SMILES string of the molecule is Cn1cnc2cc(C(=O)NC3(CN4CCOCC4)CCCC3)ccc2c1=O. The minimum Gasteiger partial charge on any atom is -0.379 e. The molecule has 7 nitrogen and oxygen atoms in total. The van der Waals surface area contributed by atoms with Crippen LogP contribution in [0.3, 0.4) is 0 Å². The van der Waals surface area contributed by atoms with Crippen molar-refractivity contribution in [2.24, 2.45) is 7.05 Å². The highest BCUT2D eigenvalue weighted by atomic mass is 16.5. The minimum atomic E-state index is -0.177. The summed E-state index contributed by atoms with van der Waals surface area (Å²) in [7, 11) is 1.67. The number of benzene rings is 1. The molecule has 2 aliphatic rings. The molecule has 1 N–H and O–H groups in total. The van der Waals surface area contributed by atoms with Crippen LogP contribution in [0.5, 0.6) is 0 Å². The van der Waals surface area contributed by atoms with Gasteiger partial charge in [-0.2, -0.15) is 0 Å². The Morgan fingerprint density at radius 3 is 2.74 bits per heavy atom. The van der Waals surface area contributed by atoms with Crippen molar-refractivity contribution in [2.75, 3.05) is 32.8 Å². The van der Waals surface area contributed by atoms with Crippen molar-refractivity contribution >= 4 is 16.8 Å². The molecule has 0 bridgehead atoms. The van der Waals surface area contributed by atoms with Gasteiger partial charge in [-0.25, -0.2) is 4.98 Å². The zero-order chi connectivity index (χ0) is 18.9. The van der Waals surface area contributed by atoms with Gasteiger partial charge in [-0.05, 0) is 31.0 Å². The summed E-state index contributed by atoms with van der Waals surface area (Å²) < 4.78 is 6.89. The van der Waals surface area contributed by atoms with Crippen LogP contribution in [-0.4, -0.2) is 58.7 Å². The van der Waals surface area contributed by atoms with Crippen LogP contribution in [-0.2, 0) is 11.8 Å². The Balaban J connectivity index is 1.55. The van der Waals surface area contributed by atoms with E-state index < -0.39 is 0 Å². The summed E-state index contributed by atoms with van der Waals surface area (Å²) in [6.07, 6.45) is 5.77. The van der Waals surface area contributed by atoms with E-state index >= 15 is 0 Å². The maximum Gasteiger partial charge on any atom is 0.260 e. The topological polar surface area (TPSA) is 76.5 Å². The normalized spacial score (nSPS) is 20.0. The predicted molar refractivity (Wildman–Crippen MR) is 103 cm³/mol. The van der Waals surface area contributed by atoms with E-state index in [1.807, 2.05) is 0 Å². The summed E-state index contributed by atoms with van der Waals surface area (Å²) in [4.78, 5) is 31.8. The second-order valence-electron chi connectivity index (χ2n) is 7.72. The summed E-state index contributed by atoms with van der Waals surface area (Å²) in [5.74, 6) is -0.0884. The monoisotopic (exact) mass is 370 g/mol. The van der Waals surface area contributed by atoms with E-state index in [-0.39, 0.29) is 17.0 Å². The van der Waals surface area contributed by atoms with Gasteiger partial charge < -0.3 is 14.6 Å². The highest BCUT2D eigenvalue weighted by Crippen LogP contribution is 2.31. The number of aromatic nitrogens is 2. The fourth-order valence-corrected chi connectivity index (χ4v) is 4.23. The number of carbonyl (C=O) groups is 1. The molecule has 1 saturated heterocycles. The molecule has 2 fully saturated rings. The summed E-state index contributed by atoms with van der Waals surface area (Å²) >= 11 is 0. The van der Waals surface area contributed by atoms with Crippen molar-refractivity contribution < 1.29 is 9.53 Å². The molecule has 2 heterocycles. The molecule has 144 valence electrons. The molecule has 4 rings (SSSR count). The lowest BCUT2D eigenvalue weighted by Crippen LogP contribution is -2.55. The van der Waals surface area contributed by atoms with Crippen molar-refractivity contribution in [3.05, 3.63) is 40.4 Å². The molecule has 0 radical (unpaired) electrons. The maximum atomic E-state index is 13.0. The van der Waals surface area contributed by atoms with Gasteiger partial charge in [0.25, 0.3) is 11.5 Å². The standard InChI is InChI=1S/C20H26N4O3/c1-23-14-21-17-12-15(4-5-16(17)19(23)26)18(25)22-20(6-2-3-7-20)13-24-8-10-27-11-9-24/h4-5,12,14H,2-3,6-11,13H2,1H3,(H,22,25). The van der Waals surface area contributed by atoms with E-state index in [2.05, 4.69) is 15.2 Å². The minimum absolute atomic E-state index is 0.0884. The zero-order valence-electron chi connectivity index (χ0n) is 15.7. The third-order valence-electron chi connectivity index (χ3n) is 5.75. The van der Waals surface area contributed by atoms with Gasteiger partial charge >= 0.3 is 0 Å². The van der Waals surface area contributed by atoms with Gasteiger partial charge in [0.05, 0.1) is 36.0 Å². The first-order valence-corrected chi connectivity index (χ1v) is 9.64. The predicted octanol–water partition coefficient (Wildman–Crippen LogP) is 1.31. The highest BCUT2D eigenvalue weighted by Gasteiger charge is 2.37. The van der Waals surface area contributed by atoms with Crippen molar-refractivity contribution in [1.29, 1.82) is 0 Å². The number of nitrogens with zero attached hydrogens (tertiary/aromatic N) is 3. The quantitative estimate of drug-likeness (QED) is 0.878. The van der Waals surface area contributed by atoms with Gasteiger partial charge in [0.1, 0.15) is 0 Å². The van der Waals surface area contributed by atoms with Gasteiger partial charge in [-0.15, -0.1) is 0 Å². The molecule has 0 atom stereocenters. The largest absolute Gasteiger partial charge is 0.379 e. The number of carbonyl (C=O) groups excluding carboxylic acids is 1. The van der Waals surface area contributed by atoms with Crippen molar-refractivity contribution in [2.45, 2.75) is 31.2 Å². The molecule has 0 spiro atoms. The van der Waals surface area contributed by atoms with E-state index in [1.165, 1.54) is 10.9 Å². The molecule has 1 aromatic heterocycles. The number of fused-ring (bicyclic) bond motifs is 1. The van der Waals surface area contributed by atoms with Gasteiger partial charge in [-0.1, -0.05) is 12.8 Å². The second-order valence-corrected chi connectivity index (χ2v) is 7.72. The number of aryl methyl sites for hydroxylation is 1. The number of morpholine rings is 1. The Kier molecular flexibility index (Phi) is 4.97. The summed E-state index contributed by atoms with van der Waals surface area (Å²) in [6.45, 7) is 4.22. The van der Waals surface area contributed by atoms with Crippen LogP contribution >= 0.6 is 0 Å². The highest BCUT2D eigenvalue weighted by molar-refractivity contribution is 5.98. The first-order chi connectivity index (χ1) is 13.1. The van der Waals surface area contributed by atoms with Crippen LogP contribution < -0.4 is 10.9 Å². The summed E-state index contributed by atoms with van der Waals surface area (Å²) in [6, 6.07) is 5.13. The van der Waals surface area contributed by atoms with E-state index in [4.69, 9.17) is 4.74 Å². The molecular formula is C20H26N4O3. The average molecular weight is 370 g/mol. The molecule has 1 saturated carbocycles. The van der Waals surface area contributed by atoms with Crippen LogP contribution in [0.15, 0.2) is 29.3 Å². The number of nitrogens with one attached hydrogen (secondary N) is 1. The number of hydrogen-bond acceptors (Lipinski definition) is 5. The Hall–Kier alpha value is -2.25. The Bertz CT molecular complexity index is 896. The lowest BCUT2D eigenvalue weighted by molar-refractivity contribution is 0.0238. The van der Waals surface area contributed by atoms with Crippen LogP contribution in [0.25, 0.3) is 10.9 Å². The smallest absolute Gasteiger partial charge is 0.260 e. The van der Waals surface area contributed by atoms with Gasteiger partial charge in [0.15, 0.2) is 0 Å². The lowest BCUT2D eigenvalue weighted by atomic mass is 9.95. The van der Waals surface area contributed by atoms with Crippen molar-refractivity contribution in [3.8, 4) is 0 Å². The Morgan fingerprint density at radius 1 is 1.26 bits per heavy atom. The first kappa shape index (κ1) is 18.1. The average Bonchev–Trinajstić information content (AvgIpc) is 3.13. The van der Waals surface area contributed by atoms with Crippen LogP contribution in [0.2, 0.25) is 0 Å². The lowest BCUT2D eigenvalue weighted by Gasteiger charge is -2.37. The van der Waals surface area contributed by atoms with Gasteiger partial charge in [0, 0.05) is 32.2 Å². The maximum absolute atomic E-state index is 13.0. The zero-order valence-corrected chi connectivity index (χ0v) is 15.7. The van der Waals surface area contributed by atoms with Crippen LogP contribution in [0, 0.1) is 0 Å². The molecule has 0 unspecified atom stereocenters. The second kappa shape index (κ2) is 7.40. The van der Waals surface area contributed by atoms with Crippen LogP contribution in [0.1, 0.15) is 36.0 Å². The molecule has 7 heteroatoms. The summed E-state index contributed by atoms with van der Waals surface area (Å²) in [5, 5.41) is 3.84. The molecule has 27 heavy (non-hydrogen) atoms. The molecule has 1 aromatic carbocycles. The fourth-order valence-electron chi connectivity index (χ4n) is 4.23. The number of rotatable bonds is 4. The van der Waals surface area contributed by atoms with Gasteiger partial charge in [0.2, 0.25) is 0 Å². The molecule has 2 aromatic rings. The van der Waals surface area contributed by atoms with E-state index in [0.717, 1.165) is 58.5 Å². The van der Waals surface area contributed by atoms with E-state index in [0.29, 0.717) is 16.5 Å². The molecule has 1 aliphatic carbocycles. The van der Waals surface area contributed by atoms with E-state index in [1.54, 1.807) is 25.2 Å². The van der Waals surface area contributed by atoms with Gasteiger partial charge in [-0.3, -0.25) is 14.5 Å². The molecule has 1 aliphatic heterocycles. The summed E-state index contributed by atoms with van der Waals surface area (Å²) in [5.41, 5.74) is 0.825. The Labute approximate surface area is 158 Å². The third-order valence-corrected chi connectivity index (χ3v) is 5.75. The van der Waals surface area contributed by atoms with Crippen LogP contribution in [0.4, 0.5) is 0 Å². The van der Waals surface area contributed by atoms with Crippen molar-refractivity contribution in [1.82, 2.24) is 19.8 Å². The molecule has 1 amide bonds.